The largest absolute Gasteiger partial charge is 0.310 e. The molecular weight excluding hydrogens is 677 g/mol. The average molecular weight is 715 g/mol. The summed E-state index contributed by atoms with van der Waals surface area (Å²) in [4.78, 5) is 2.36. The normalized spacial score (nSPS) is 11.2. The lowest BCUT2D eigenvalue weighted by Crippen LogP contribution is -2.10. The van der Waals surface area contributed by atoms with Crippen molar-refractivity contribution in [3.05, 3.63) is 231 Å². The number of fused-ring (bicyclic) bond motifs is 3. The van der Waals surface area contributed by atoms with Crippen LogP contribution in [0.4, 0.5) is 17.1 Å². The van der Waals surface area contributed by atoms with Crippen LogP contribution in [0.3, 0.4) is 0 Å². The van der Waals surface area contributed by atoms with E-state index in [1.807, 2.05) is 0 Å². The van der Waals surface area contributed by atoms with Crippen molar-refractivity contribution in [1.29, 1.82) is 0 Å². The quantitative estimate of drug-likeness (QED) is 0.152. The fourth-order valence-corrected chi connectivity index (χ4v) is 8.08. The summed E-state index contributed by atoms with van der Waals surface area (Å²) in [6.45, 7) is 0. The monoisotopic (exact) mass is 714 g/mol. The van der Waals surface area contributed by atoms with Gasteiger partial charge < -0.3 is 9.47 Å². The molecule has 0 radical (unpaired) electrons. The Morgan fingerprint density at radius 1 is 0.268 bits per heavy atom. The van der Waals surface area contributed by atoms with E-state index < -0.39 is 0 Å². The molecule has 0 fully saturated rings. The van der Waals surface area contributed by atoms with Crippen LogP contribution in [-0.4, -0.2) is 4.57 Å². The predicted octanol–water partition coefficient (Wildman–Crippen LogP) is 14.9. The van der Waals surface area contributed by atoms with Crippen LogP contribution >= 0.6 is 0 Å². The Balaban J connectivity index is 1.10. The van der Waals surface area contributed by atoms with E-state index in [0.29, 0.717) is 0 Å². The summed E-state index contributed by atoms with van der Waals surface area (Å²) >= 11 is 0. The molecule has 10 aromatic rings. The molecule has 0 saturated carbocycles. The van der Waals surface area contributed by atoms with E-state index in [4.69, 9.17) is 0 Å². The SMILES string of the molecule is c1ccc(-c2ccc(N(c3ccc(-c4ccccc4)cc3)c3cccc(-c4ccccc4-n4c5ccccc5c5cc(-c6ccccc6)ccc54)c3)cc2)cc1. The number of hydrogen-bond acceptors (Lipinski definition) is 1. The Hall–Kier alpha value is -7.42. The van der Waals surface area contributed by atoms with Crippen molar-refractivity contribution < 1.29 is 0 Å². The molecule has 56 heavy (non-hydrogen) atoms. The summed E-state index contributed by atoms with van der Waals surface area (Å²) in [6.07, 6.45) is 0. The zero-order valence-corrected chi connectivity index (χ0v) is 30.8. The molecule has 0 unspecified atom stereocenters. The minimum atomic E-state index is 1.09. The first-order valence-electron chi connectivity index (χ1n) is 19.2. The minimum absolute atomic E-state index is 1.09. The predicted molar refractivity (Wildman–Crippen MR) is 237 cm³/mol. The van der Waals surface area contributed by atoms with Crippen LogP contribution in [0.1, 0.15) is 0 Å². The summed E-state index contributed by atoms with van der Waals surface area (Å²) in [5.74, 6) is 0. The summed E-state index contributed by atoms with van der Waals surface area (Å²) in [5.41, 5.74) is 16.4. The van der Waals surface area contributed by atoms with Gasteiger partial charge in [0.25, 0.3) is 0 Å². The van der Waals surface area contributed by atoms with Crippen LogP contribution in [-0.2, 0) is 0 Å². The first-order valence-corrected chi connectivity index (χ1v) is 19.2. The summed E-state index contributed by atoms with van der Waals surface area (Å²) in [7, 11) is 0. The van der Waals surface area contributed by atoms with E-state index >= 15 is 0 Å². The Kier molecular flexibility index (Phi) is 8.55. The minimum Gasteiger partial charge on any atom is -0.310 e. The van der Waals surface area contributed by atoms with Gasteiger partial charge in [-0.25, -0.2) is 0 Å². The van der Waals surface area contributed by atoms with Crippen LogP contribution in [0, 0.1) is 0 Å². The fraction of sp³-hybridized carbons (Fsp3) is 0. The van der Waals surface area contributed by atoms with Crippen molar-refractivity contribution in [3.63, 3.8) is 0 Å². The zero-order valence-electron chi connectivity index (χ0n) is 30.8. The van der Waals surface area contributed by atoms with Crippen LogP contribution in [0.25, 0.3) is 72.0 Å². The smallest absolute Gasteiger partial charge is 0.0541 e. The molecule has 2 heteroatoms. The number of benzene rings is 9. The van der Waals surface area contributed by atoms with Gasteiger partial charge in [-0.3, -0.25) is 0 Å². The molecule has 0 aliphatic carbocycles. The summed E-state index contributed by atoms with van der Waals surface area (Å²) in [5, 5.41) is 2.49. The lowest BCUT2D eigenvalue weighted by molar-refractivity contribution is 1.18. The molecule has 0 spiro atoms. The van der Waals surface area contributed by atoms with Gasteiger partial charge in [0.05, 0.1) is 16.7 Å². The topological polar surface area (TPSA) is 8.17 Å². The van der Waals surface area contributed by atoms with Crippen molar-refractivity contribution >= 4 is 38.9 Å². The summed E-state index contributed by atoms with van der Waals surface area (Å²) in [6, 6.07) is 83.0. The third-order valence-corrected chi connectivity index (χ3v) is 10.8. The van der Waals surface area contributed by atoms with Gasteiger partial charge >= 0.3 is 0 Å². The second-order valence-corrected chi connectivity index (χ2v) is 14.2. The molecule has 264 valence electrons. The molecule has 0 bridgehead atoms. The molecule has 1 heterocycles. The highest BCUT2D eigenvalue weighted by molar-refractivity contribution is 6.11. The third kappa shape index (κ3) is 6.14. The van der Waals surface area contributed by atoms with E-state index in [-0.39, 0.29) is 0 Å². The number of anilines is 3. The lowest BCUT2D eigenvalue weighted by Gasteiger charge is -2.27. The highest BCUT2D eigenvalue weighted by Gasteiger charge is 2.18. The van der Waals surface area contributed by atoms with Gasteiger partial charge in [-0.05, 0) is 99.6 Å². The maximum absolute atomic E-state index is 2.43. The van der Waals surface area contributed by atoms with Crippen LogP contribution in [0.2, 0.25) is 0 Å². The third-order valence-electron chi connectivity index (χ3n) is 10.8. The van der Waals surface area contributed by atoms with Crippen molar-refractivity contribution in [1.82, 2.24) is 4.57 Å². The Bertz CT molecular complexity index is 2840. The second kappa shape index (κ2) is 14.4. The van der Waals surface area contributed by atoms with Gasteiger partial charge in [0.1, 0.15) is 0 Å². The Labute approximate surface area is 327 Å². The van der Waals surface area contributed by atoms with Crippen molar-refractivity contribution in [3.8, 4) is 50.2 Å². The Morgan fingerprint density at radius 2 is 0.732 bits per heavy atom. The molecule has 0 aliphatic rings. The molecule has 0 saturated heterocycles. The second-order valence-electron chi connectivity index (χ2n) is 14.2. The van der Waals surface area contributed by atoms with Crippen molar-refractivity contribution in [2.45, 2.75) is 0 Å². The lowest BCUT2D eigenvalue weighted by atomic mass is 10.0. The van der Waals surface area contributed by atoms with E-state index in [1.54, 1.807) is 0 Å². The van der Waals surface area contributed by atoms with Crippen LogP contribution < -0.4 is 4.90 Å². The molecule has 0 aliphatic heterocycles. The molecule has 1 aromatic heterocycles. The standard InChI is InChI=1S/C54H38N2/c1-4-15-39(16-5-1)42-27-32-46(33-28-42)55(47-34-29-43(30-35-47)40-17-6-2-7-18-40)48-22-14-21-45(37-48)49-23-10-12-25-52(49)56-53-26-13-11-24-50(53)51-38-44(31-36-54(51)56)41-19-8-3-9-20-41/h1-38H. The average Bonchev–Trinajstić information content (AvgIpc) is 3.61. The van der Waals surface area contributed by atoms with Gasteiger partial charge in [0.2, 0.25) is 0 Å². The maximum Gasteiger partial charge on any atom is 0.0541 e. The van der Waals surface area contributed by atoms with Gasteiger partial charge in [-0.1, -0.05) is 170 Å². The number of aromatic nitrogens is 1. The van der Waals surface area contributed by atoms with Gasteiger partial charge in [-0.2, -0.15) is 0 Å². The highest BCUT2D eigenvalue weighted by Crippen LogP contribution is 2.41. The number of para-hydroxylation sites is 2. The van der Waals surface area contributed by atoms with Crippen LogP contribution in [0.5, 0.6) is 0 Å². The van der Waals surface area contributed by atoms with Gasteiger partial charge in [-0.15, -0.1) is 0 Å². The fourth-order valence-electron chi connectivity index (χ4n) is 8.08. The van der Waals surface area contributed by atoms with Crippen molar-refractivity contribution in [2.24, 2.45) is 0 Å². The maximum atomic E-state index is 2.43. The molecule has 0 atom stereocenters. The van der Waals surface area contributed by atoms with Crippen LogP contribution in [0.15, 0.2) is 231 Å². The van der Waals surface area contributed by atoms with E-state index in [1.165, 1.54) is 60.8 Å². The Morgan fingerprint density at radius 3 is 1.36 bits per heavy atom. The molecule has 10 rings (SSSR count). The van der Waals surface area contributed by atoms with Crippen molar-refractivity contribution in [2.75, 3.05) is 4.90 Å². The molecule has 0 N–H and O–H groups in total. The van der Waals surface area contributed by atoms with Gasteiger partial charge in [0, 0.05) is 33.4 Å². The summed E-state index contributed by atoms with van der Waals surface area (Å²) < 4.78 is 2.43. The number of rotatable bonds is 8. The van der Waals surface area contributed by atoms with E-state index in [9.17, 15) is 0 Å². The molecular formula is C54H38N2. The zero-order chi connectivity index (χ0) is 37.3. The first kappa shape index (κ1) is 33.2. The molecule has 0 amide bonds. The molecule has 9 aromatic carbocycles. The van der Waals surface area contributed by atoms with Gasteiger partial charge in [0.15, 0.2) is 0 Å². The first-order chi connectivity index (χ1) is 27.8. The van der Waals surface area contributed by atoms with E-state index in [2.05, 4.69) is 240 Å². The highest BCUT2D eigenvalue weighted by atomic mass is 15.1. The molecule has 2 nitrogen and oxygen atoms in total. The van der Waals surface area contributed by atoms with E-state index in [0.717, 1.165) is 28.3 Å². The number of nitrogens with zero attached hydrogens (tertiary/aromatic N) is 2. The number of hydrogen-bond donors (Lipinski definition) is 0.